The fourth-order valence-electron chi connectivity index (χ4n) is 0.838. The Bertz CT molecular complexity index is 181. The van der Waals surface area contributed by atoms with Crippen LogP contribution in [-0.2, 0) is 9.53 Å². The number of ether oxygens (including phenoxy) is 1. The second-order valence-electron chi connectivity index (χ2n) is 4.11. The first-order chi connectivity index (χ1) is 6.41. The quantitative estimate of drug-likeness (QED) is 0.665. The van der Waals surface area contributed by atoms with Crippen LogP contribution in [0.15, 0.2) is 0 Å². The molecule has 0 radical (unpaired) electrons. The van der Waals surface area contributed by atoms with E-state index in [1.165, 1.54) is 0 Å². The lowest BCUT2D eigenvalue weighted by Gasteiger charge is -2.23. The van der Waals surface area contributed by atoms with Crippen molar-refractivity contribution in [1.29, 1.82) is 0 Å². The Balaban J connectivity index is 3.74. The summed E-state index contributed by atoms with van der Waals surface area (Å²) < 4.78 is 5.17. The first kappa shape index (κ1) is 13.4. The van der Waals surface area contributed by atoms with Gasteiger partial charge in [-0.25, -0.2) is 0 Å². The number of methoxy groups -OCH3 is 1. The molecule has 0 aliphatic heterocycles. The molecule has 0 spiro atoms. The van der Waals surface area contributed by atoms with Crippen molar-refractivity contribution in [3.8, 4) is 0 Å². The minimum absolute atomic E-state index is 0.00975. The molecule has 3 N–H and O–H groups in total. The summed E-state index contributed by atoms with van der Waals surface area (Å²) in [7, 11) is 1.63. The van der Waals surface area contributed by atoms with E-state index in [-0.39, 0.29) is 17.6 Å². The van der Waals surface area contributed by atoms with Crippen molar-refractivity contribution in [3.63, 3.8) is 0 Å². The molecular weight excluding hydrogens is 180 g/mol. The lowest BCUT2D eigenvalue weighted by atomic mass is 10.1. The van der Waals surface area contributed by atoms with Crippen molar-refractivity contribution in [2.75, 3.05) is 13.7 Å². The van der Waals surface area contributed by atoms with Crippen molar-refractivity contribution in [2.24, 2.45) is 5.73 Å². The minimum atomic E-state index is -0.314. The highest BCUT2D eigenvalue weighted by molar-refractivity contribution is 5.76. The summed E-state index contributed by atoms with van der Waals surface area (Å²) in [6, 6.07) is -0.0411. The van der Waals surface area contributed by atoms with Crippen LogP contribution in [-0.4, -0.2) is 31.2 Å². The maximum Gasteiger partial charge on any atom is 0.221 e. The molecule has 0 aliphatic carbocycles. The molecule has 0 rings (SSSR count). The number of hydrogen-bond acceptors (Lipinski definition) is 3. The van der Waals surface area contributed by atoms with Gasteiger partial charge in [0, 0.05) is 26.1 Å². The van der Waals surface area contributed by atoms with Crippen LogP contribution in [0.2, 0.25) is 0 Å². The lowest BCUT2D eigenvalue weighted by molar-refractivity contribution is -0.122. The van der Waals surface area contributed by atoms with Crippen molar-refractivity contribution >= 4 is 5.91 Å². The second-order valence-corrected chi connectivity index (χ2v) is 4.11. The number of rotatable bonds is 6. The van der Waals surface area contributed by atoms with E-state index in [4.69, 9.17) is 10.5 Å². The zero-order chi connectivity index (χ0) is 11.2. The van der Waals surface area contributed by atoms with Gasteiger partial charge in [-0.3, -0.25) is 4.79 Å². The number of nitrogens with one attached hydrogen (secondary N) is 1. The molecule has 0 heterocycles. The van der Waals surface area contributed by atoms with Gasteiger partial charge in [-0.05, 0) is 20.3 Å². The predicted molar refractivity (Wildman–Crippen MR) is 57.0 cm³/mol. The maximum absolute atomic E-state index is 11.3. The van der Waals surface area contributed by atoms with Crippen LogP contribution in [0.5, 0.6) is 0 Å². The van der Waals surface area contributed by atoms with Crippen molar-refractivity contribution < 1.29 is 9.53 Å². The molecule has 0 aromatic rings. The van der Waals surface area contributed by atoms with Crippen LogP contribution in [0.4, 0.5) is 0 Å². The van der Waals surface area contributed by atoms with Gasteiger partial charge in [-0.1, -0.05) is 6.92 Å². The third kappa shape index (κ3) is 5.94. The number of amides is 1. The Kier molecular flexibility index (Phi) is 5.72. The molecule has 84 valence electrons. The predicted octanol–water partition coefficient (Wildman–Crippen LogP) is 0.655. The fraction of sp³-hybridized carbons (Fsp3) is 0.900. The standard InChI is InChI=1S/C10H22N2O2/c1-5-8(11)6-9(13)12-7-10(2,3)14-4/h8H,5-7,11H2,1-4H3,(H,12,13). The average Bonchev–Trinajstić information content (AvgIpc) is 2.15. The van der Waals surface area contributed by atoms with Crippen LogP contribution in [0.3, 0.4) is 0 Å². The summed E-state index contributed by atoms with van der Waals surface area (Å²) in [4.78, 5) is 11.3. The molecule has 0 saturated carbocycles. The molecule has 0 aromatic carbocycles. The average molecular weight is 202 g/mol. The third-order valence-corrected chi connectivity index (χ3v) is 2.24. The summed E-state index contributed by atoms with van der Waals surface area (Å²) in [6.07, 6.45) is 1.21. The number of hydrogen-bond donors (Lipinski definition) is 2. The van der Waals surface area contributed by atoms with E-state index < -0.39 is 0 Å². The molecule has 4 heteroatoms. The molecular formula is C10H22N2O2. The molecule has 0 aromatic heterocycles. The van der Waals surface area contributed by atoms with E-state index in [0.717, 1.165) is 6.42 Å². The Hall–Kier alpha value is -0.610. The van der Waals surface area contributed by atoms with Crippen LogP contribution in [0.1, 0.15) is 33.6 Å². The number of carbonyl (C=O) groups is 1. The summed E-state index contributed by atoms with van der Waals surface area (Å²) in [5.41, 5.74) is 5.34. The Morgan fingerprint density at radius 2 is 2.14 bits per heavy atom. The highest BCUT2D eigenvalue weighted by Crippen LogP contribution is 2.04. The molecule has 0 saturated heterocycles. The SMILES string of the molecule is CCC(N)CC(=O)NCC(C)(C)OC. The molecule has 4 nitrogen and oxygen atoms in total. The highest BCUT2D eigenvalue weighted by Gasteiger charge is 2.17. The van der Waals surface area contributed by atoms with Gasteiger partial charge in [0.2, 0.25) is 5.91 Å². The van der Waals surface area contributed by atoms with Crippen molar-refractivity contribution in [2.45, 2.75) is 45.3 Å². The largest absolute Gasteiger partial charge is 0.377 e. The molecule has 0 aliphatic rings. The summed E-state index contributed by atoms with van der Waals surface area (Å²) in [5, 5.41) is 2.80. The van der Waals surface area contributed by atoms with Crippen LogP contribution in [0, 0.1) is 0 Å². The van der Waals surface area contributed by atoms with Crippen molar-refractivity contribution in [3.05, 3.63) is 0 Å². The smallest absolute Gasteiger partial charge is 0.221 e. The topological polar surface area (TPSA) is 64.4 Å². The van der Waals surface area contributed by atoms with Gasteiger partial charge in [0.1, 0.15) is 0 Å². The van der Waals surface area contributed by atoms with Crippen LogP contribution in [0.25, 0.3) is 0 Å². The molecule has 1 atom stereocenters. The van der Waals surface area contributed by atoms with E-state index in [9.17, 15) is 4.79 Å². The summed E-state index contributed by atoms with van der Waals surface area (Å²) in [6.45, 7) is 6.33. The molecule has 1 unspecified atom stereocenters. The van der Waals surface area contributed by atoms with Gasteiger partial charge in [0.05, 0.1) is 5.60 Å². The molecule has 1 amide bonds. The number of nitrogens with two attached hydrogens (primary N) is 1. The normalized spacial score (nSPS) is 13.8. The van der Waals surface area contributed by atoms with Gasteiger partial charge in [-0.15, -0.1) is 0 Å². The van der Waals surface area contributed by atoms with Gasteiger partial charge in [0.15, 0.2) is 0 Å². The van der Waals surface area contributed by atoms with Gasteiger partial charge in [0.25, 0.3) is 0 Å². The van der Waals surface area contributed by atoms with Crippen LogP contribution < -0.4 is 11.1 Å². The Labute approximate surface area is 86.2 Å². The monoisotopic (exact) mass is 202 g/mol. The first-order valence-electron chi connectivity index (χ1n) is 4.98. The maximum atomic E-state index is 11.3. The van der Waals surface area contributed by atoms with Crippen molar-refractivity contribution in [1.82, 2.24) is 5.32 Å². The zero-order valence-corrected chi connectivity index (χ0v) is 9.59. The first-order valence-corrected chi connectivity index (χ1v) is 4.98. The molecule has 14 heavy (non-hydrogen) atoms. The summed E-state index contributed by atoms with van der Waals surface area (Å²) in [5.74, 6) is -0.00975. The summed E-state index contributed by atoms with van der Waals surface area (Å²) >= 11 is 0. The van der Waals surface area contributed by atoms with E-state index in [1.807, 2.05) is 20.8 Å². The number of carbonyl (C=O) groups excluding carboxylic acids is 1. The highest BCUT2D eigenvalue weighted by atomic mass is 16.5. The van der Waals surface area contributed by atoms with E-state index in [0.29, 0.717) is 13.0 Å². The molecule has 0 bridgehead atoms. The van der Waals surface area contributed by atoms with E-state index in [2.05, 4.69) is 5.32 Å². The van der Waals surface area contributed by atoms with E-state index in [1.54, 1.807) is 7.11 Å². The Morgan fingerprint density at radius 3 is 2.57 bits per heavy atom. The fourth-order valence-corrected chi connectivity index (χ4v) is 0.838. The van der Waals surface area contributed by atoms with Crippen LogP contribution >= 0.6 is 0 Å². The zero-order valence-electron chi connectivity index (χ0n) is 9.59. The Morgan fingerprint density at radius 1 is 1.57 bits per heavy atom. The minimum Gasteiger partial charge on any atom is -0.377 e. The van der Waals surface area contributed by atoms with Gasteiger partial charge >= 0.3 is 0 Å². The lowest BCUT2D eigenvalue weighted by Crippen LogP contribution is -2.41. The van der Waals surface area contributed by atoms with E-state index >= 15 is 0 Å². The van der Waals surface area contributed by atoms with Gasteiger partial charge in [-0.2, -0.15) is 0 Å². The molecule has 0 fully saturated rings. The van der Waals surface area contributed by atoms with Gasteiger partial charge < -0.3 is 15.8 Å². The third-order valence-electron chi connectivity index (χ3n) is 2.24. The second kappa shape index (κ2) is 5.98.